The van der Waals surface area contributed by atoms with Crippen LogP contribution in [0.25, 0.3) is 69.6 Å². The van der Waals surface area contributed by atoms with Crippen LogP contribution in [-0.2, 0) is 0 Å². The molecule has 0 aliphatic carbocycles. The van der Waals surface area contributed by atoms with Crippen LogP contribution >= 0.6 is 11.3 Å². The van der Waals surface area contributed by atoms with E-state index < -0.39 is 0 Å². The molecule has 0 spiro atoms. The van der Waals surface area contributed by atoms with Crippen LogP contribution in [0.4, 0.5) is 17.1 Å². The molecule has 0 bridgehead atoms. The molecule has 0 radical (unpaired) electrons. The Kier molecular flexibility index (Phi) is 6.39. The van der Waals surface area contributed by atoms with E-state index in [0.29, 0.717) is 0 Å². The quantitative estimate of drug-likeness (QED) is 0.181. The Morgan fingerprint density at radius 3 is 1.96 bits per heavy atom. The van der Waals surface area contributed by atoms with Gasteiger partial charge in [0.05, 0.1) is 16.7 Å². The summed E-state index contributed by atoms with van der Waals surface area (Å²) in [5.41, 5.74) is 9.33. The van der Waals surface area contributed by atoms with Gasteiger partial charge in [-0.15, -0.1) is 11.3 Å². The molecule has 0 aliphatic heterocycles. The van der Waals surface area contributed by atoms with Crippen LogP contribution in [0, 0.1) is 0 Å². The summed E-state index contributed by atoms with van der Waals surface area (Å²) in [6.45, 7) is 0. The summed E-state index contributed by atoms with van der Waals surface area (Å²) in [5, 5.41) is 7.65. The number of thiophene rings is 1. The monoisotopic (exact) mass is 642 g/mol. The standard InChI is InChI=1S/C46H30N2S/c1-3-13-31(14-4-1)36-17-7-10-20-42(36)47(34-24-27-37-32(29-34)23-26-40-39-19-9-12-22-45(39)49-46(37)40)35-25-28-44-41(30-35)38-18-8-11-21-43(38)48(44)33-15-5-2-6-16-33/h1-30H. The van der Waals surface area contributed by atoms with Crippen molar-refractivity contribution in [1.29, 1.82) is 0 Å². The van der Waals surface area contributed by atoms with Gasteiger partial charge in [-0.1, -0.05) is 121 Å². The Hall–Kier alpha value is -6.16. The summed E-state index contributed by atoms with van der Waals surface area (Å²) in [5.74, 6) is 0. The Morgan fingerprint density at radius 2 is 1.08 bits per heavy atom. The van der Waals surface area contributed by atoms with Crippen molar-refractivity contribution < 1.29 is 0 Å². The summed E-state index contributed by atoms with van der Waals surface area (Å²) in [6.07, 6.45) is 0. The lowest BCUT2D eigenvalue weighted by Crippen LogP contribution is -2.11. The van der Waals surface area contributed by atoms with Gasteiger partial charge in [-0.2, -0.15) is 0 Å². The van der Waals surface area contributed by atoms with Crippen LogP contribution in [0.15, 0.2) is 182 Å². The largest absolute Gasteiger partial charge is 0.310 e. The summed E-state index contributed by atoms with van der Waals surface area (Å²) in [4.78, 5) is 2.44. The minimum absolute atomic E-state index is 1.12. The van der Waals surface area contributed by atoms with Crippen molar-refractivity contribution in [2.24, 2.45) is 0 Å². The zero-order chi connectivity index (χ0) is 32.3. The summed E-state index contributed by atoms with van der Waals surface area (Å²) in [7, 11) is 0. The van der Waals surface area contributed by atoms with Gasteiger partial charge in [-0.05, 0) is 77.0 Å². The second kappa shape index (κ2) is 11.2. The lowest BCUT2D eigenvalue weighted by Gasteiger charge is -2.28. The number of benzene rings is 8. The predicted octanol–water partition coefficient (Wildman–Crippen LogP) is 13.4. The lowest BCUT2D eigenvalue weighted by atomic mass is 10.0. The Balaban J connectivity index is 1.23. The van der Waals surface area contributed by atoms with Crippen molar-refractivity contribution >= 4 is 81.1 Å². The van der Waals surface area contributed by atoms with E-state index in [1.807, 2.05) is 11.3 Å². The zero-order valence-electron chi connectivity index (χ0n) is 26.6. The van der Waals surface area contributed by atoms with Crippen LogP contribution in [-0.4, -0.2) is 4.57 Å². The molecule has 2 aromatic heterocycles. The number of fused-ring (bicyclic) bond motifs is 8. The summed E-state index contributed by atoms with van der Waals surface area (Å²) >= 11 is 1.88. The van der Waals surface area contributed by atoms with Gasteiger partial charge in [0.1, 0.15) is 0 Å². The third kappa shape index (κ3) is 4.47. The van der Waals surface area contributed by atoms with Crippen molar-refractivity contribution in [3.8, 4) is 16.8 Å². The molecule has 0 aliphatic rings. The first-order chi connectivity index (χ1) is 24.3. The smallest absolute Gasteiger partial charge is 0.0542 e. The van der Waals surface area contributed by atoms with E-state index in [0.717, 1.165) is 22.7 Å². The maximum Gasteiger partial charge on any atom is 0.0542 e. The predicted molar refractivity (Wildman–Crippen MR) is 211 cm³/mol. The molecule has 230 valence electrons. The van der Waals surface area contributed by atoms with E-state index in [4.69, 9.17) is 0 Å². The van der Waals surface area contributed by atoms with Gasteiger partial charge in [0.25, 0.3) is 0 Å². The van der Waals surface area contributed by atoms with Gasteiger partial charge in [-0.25, -0.2) is 0 Å². The van der Waals surface area contributed by atoms with Crippen molar-refractivity contribution in [2.45, 2.75) is 0 Å². The second-order valence-electron chi connectivity index (χ2n) is 12.6. The molecular formula is C46H30N2S. The molecule has 0 saturated carbocycles. The topological polar surface area (TPSA) is 8.17 Å². The molecule has 2 nitrogen and oxygen atoms in total. The fourth-order valence-corrected chi connectivity index (χ4v) is 8.79. The molecule has 3 heteroatoms. The van der Waals surface area contributed by atoms with Crippen LogP contribution in [0.2, 0.25) is 0 Å². The van der Waals surface area contributed by atoms with Crippen molar-refractivity contribution in [1.82, 2.24) is 4.57 Å². The van der Waals surface area contributed by atoms with E-state index in [2.05, 4.69) is 191 Å². The fraction of sp³-hybridized carbons (Fsp3) is 0. The van der Waals surface area contributed by atoms with Gasteiger partial charge >= 0.3 is 0 Å². The number of rotatable bonds is 5. The van der Waals surface area contributed by atoms with E-state index in [9.17, 15) is 0 Å². The number of hydrogen-bond donors (Lipinski definition) is 0. The van der Waals surface area contributed by atoms with Crippen LogP contribution in [0.1, 0.15) is 0 Å². The van der Waals surface area contributed by atoms with Gasteiger partial charge in [-0.3, -0.25) is 0 Å². The first kappa shape index (κ1) is 27.9. The molecule has 10 rings (SSSR count). The highest BCUT2D eigenvalue weighted by Crippen LogP contribution is 2.45. The van der Waals surface area contributed by atoms with Crippen LogP contribution < -0.4 is 4.90 Å². The lowest BCUT2D eigenvalue weighted by molar-refractivity contribution is 1.18. The van der Waals surface area contributed by atoms with Crippen LogP contribution in [0.5, 0.6) is 0 Å². The SMILES string of the molecule is c1ccc(-c2ccccc2N(c2ccc3c(ccc4c5ccccc5sc34)c2)c2ccc3c(c2)c2ccccc2n3-c2ccccc2)cc1. The molecule has 8 aromatic carbocycles. The molecule has 2 heterocycles. The number of hydrogen-bond acceptors (Lipinski definition) is 2. The average molecular weight is 643 g/mol. The maximum absolute atomic E-state index is 2.44. The first-order valence-electron chi connectivity index (χ1n) is 16.7. The van der Waals surface area contributed by atoms with E-state index in [1.54, 1.807) is 0 Å². The molecule has 0 fully saturated rings. The van der Waals surface area contributed by atoms with Crippen molar-refractivity contribution in [3.05, 3.63) is 182 Å². The zero-order valence-corrected chi connectivity index (χ0v) is 27.4. The number of aromatic nitrogens is 1. The first-order valence-corrected chi connectivity index (χ1v) is 17.5. The third-order valence-electron chi connectivity index (χ3n) is 9.76. The van der Waals surface area contributed by atoms with E-state index in [1.165, 1.54) is 63.9 Å². The number of anilines is 3. The molecule has 0 unspecified atom stereocenters. The maximum atomic E-state index is 2.44. The number of nitrogens with zero attached hydrogens (tertiary/aromatic N) is 2. The summed E-state index contributed by atoms with van der Waals surface area (Å²) in [6, 6.07) is 66.1. The van der Waals surface area contributed by atoms with E-state index >= 15 is 0 Å². The highest BCUT2D eigenvalue weighted by molar-refractivity contribution is 7.26. The van der Waals surface area contributed by atoms with Gasteiger partial charge in [0.2, 0.25) is 0 Å². The highest BCUT2D eigenvalue weighted by Gasteiger charge is 2.20. The highest BCUT2D eigenvalue weighted by atomic mass is 32.1. The van der Waals surface area contributed by atoms with Crippen LogP contribution in [0.3, 0.4) is 0 Å². The van der Waals surface area contributed by atoms with Gasteiger partial charge in [0, 0.05) is 53.6 Å². The fourth-order valence-electron chi connectivity index (χ4n) is 7.55. The molecule has 0 saturated heterocycles. The average Bonchev–Trinajstić information content (AvgIpc) is 3.72. The van der Waals surface area contributed by atoms with Gasteiger partial charge in [0.15, 0.2) is 0 Å². The Bertz CT molecular complexity index is 2830. The minimum atomic E-state index is 1.12. The third-order valence-corrected chi connectivity index (χ3v) is 11.0. The molecule has 0 amide bonds. The Morgan fingerprint density at radius 1 is 0.429 bits per heavy atom. The molecule has 0 N–H and O–H groups in total. The van der Waals surface area contributed by atoms with Crippen molar-refractivity contribution in [3.63, 3.8) is 0 Å². The number of para-hydroxylation sites is 3. The molecule has 0 atom stereocenters. The minimum Gasteiger partial charge on any atom is -0.310 e. The van der Waals surface area contributed by atoms with Crippen molar-refractivity contribution in [2.75, 3.05) is 4.90 Å². The Labute approximate surface area is 288 Å². The van der Waals surface area contributed by atoms with E-state index in [-0.39, 0.29) is 0 Å². The normalized spacial score (nSPS) is 11.7. The molecule has 49 heavy (non-hydrogen) atoms. The van der Waals surface area contributed by atoms with Gasteiger partial charge < -0.3 is 9.47 Å². The molecular weight excluding hydrogens is 613 g/mol. The molecule has 10 aromatic rings. The summed E-state index contributed by atoms with van der Waals surface area (Å²) < 4.78 is 5.05. The second-order valence-corrected chi connectivity index (χ2v) is 13.6.